The molecular formula is C13H17N3O2. The highest BCUT2D eigenvalue weighted by molar-refractivity contribution is 5.80. The van der Waals surface area contributed by atoms with Gasteiger partial charge in [-0.05, 0) is 18.1 Å². The van der Waals surface area contributed by atoms with E-state index in [-0.39, 0.29) is 11.8 Å². The number of hydrogen-bond acceptors (Lipinski definition) is 3. The number of aromatic nitrogens is 1. The molecule has 1 aliphatic heterocycles. The Bertz CT molecular complexity index is 420. The van der Waals surface area contributed by atoms with E-state index in [1.807, 2.05) is 12.1 Å². The Morgan fingerprint density at radius 2 is 2.33 bits per heavy atom. The van der Waals surface area contributed by atoms with Crippen LogP contribution in [0.25, 0.3) is 0 Å². The maximum absolute atomic E-state index is 12.0. The molecule has 2 amide bonds. The van der Waals surface area contributed by atoms with E-state index in [2.05, 4.69) is 10.3 Å². The van der Waals surface area contributed by atoms with Gasteiger partial charge in [0, 0.05) is 44.9 Å². The predicted octanol–water partition coefficient (Wildman–Crippen LogP) is 0.363. The van der Waals surface area contributed by atoms with Crippen LogP contribution in [0.3, 0.4) is 0 Å². The summed E-state index contributed by atoms with van der Waals surface area (Å²) >= 11 is 0. The minimum absolute atomic E-state index is 0.0255. The maximum atomic E-state index is 12.0. The summed E-state index contributed by atoms with van der Waals surface area (Å²) in [6, 6.07) is 3.84. The Kier molecular flexibility index (Phi) is 4.28. The molecule has 0 atom stereocenters. The van der Waals surface area contributed by atoms with E-state index in [0.717, 1.165) is 5.56 Å². The van der Waals surface area contributed by atoms with Gasteiger partial charge in [-0.15, -0.1) is 0 Å². The molecule has 1 aromatic heterocycles. The highest BCUT2D eigenvalue weighted by atomic mass is 16.2. The number of amides is 2. The van der Waals surface area contributed by atoms with Gasteiger partial charge in [0.1, 0.15) is 0 Å². The minimum Gasteiger partial charge on any atom is -0.354 e. The fraction of sp³-hybridized carbons (Fsp3) is 0.462. The van der Waals surface area contributed by atoms with Crippen molar-refractivity contribution in [2.24, 2.45) is 0 Å². The largest absolute Gasteiger partial charge is 0.354 e. The summed E-state index contributed by atoms with van der Waals surface area (Å²) in [6.45, 7) is 1.69. The molecule has 5 nitrogen and oxygen atoms in total. The van der Waals surface area contributed by atoms with Crippen molar-refractivity contribution < 1.29 is 9.59 Å². The van der Waals surface area contributed by atoms with E-state index >= 15 is 0 Å². The van der Waals surface area contributed by atoms with E-state index in [1.165, 1.54) is 0 Å². The molecule has 0 aromatic carbocycles. The van der Waals surface area contributed by atoms with Crippen molar-refractivity contribution in [2.45, 2.75) is 19.3 Å². The summed E-state index contributed by atoms with van der Waals surface area (Å²) in [6.07, 6.45) is 5.07. The molecule has 5 heteroatoms. The molecular weight excluding hydrogens is 230 g/mol. The Balaban J connectivity index is 1.82. The molecule has 0 radical (unpaired) electrons. The van der Waals surface area contributed by atoms with Gasteiger partial charge in [-0.3, -0.25) is 14.6 Å². The van der Waals surface area contributed by atoms with Crippen molar-refractivity contribution in [3.63, 3.8) is 0 Å². The van der Waals surface area contributed by atoms with Crippen molar-refractivity contribution in [3.05, 3.63) is 30.1 Å². The molecule has 0 saturated carbocycles. The molecule has 1 fully saturated rings. The topological polar surface area (TPSA) is 62.3 Å². The van der Waals surface area contributed by atoms with Crippen molar-refractivity contribution >= 4 is 11.8 Å². The number of hydrogen-bond donors (Lipinski definition) is 1. The quantitative estimate of drug-likeness (QED) is 0.839. The smallest absolute Gasteiger partial charge is 0.222 e. The van der Waals surface area contributed by atoms with E-state index in [9.17, 15) is 9.59 Å². The Morgan fingerprint density at radius 3 is 3.11 bits per heavy atom. The third-order valence-corrected chi connectivity index (χ3v) is 3.02. The molecule has 2 heterocycles. The van der Waals surface area contributed by atoms with E-state index in [1.54, 1.807) is 17.3 Å². The molecule has 18 heavy (non-hydrogen) atoms. The lowest BCUT2D eigenvalue weighted by atomic mass is 10.1. The van der Waals surface area contributed by atoms with Crippen molar-refractivity contribution in [3.8, 4) is 0 Å². The van der Waals surface area contributed by atoms with Crippen LogP contribution in [-0.2, 0) is 16.0 Å². The average molecular weight is 247 g/mol. The Morgan fingerprint density at radius 1 is 1.44 bits per heavy atom. The van der Waals surface area contributed by atoms with Gasteiger partial charge in [-0.2, -0.15) is 0 Å². The molecule has 2 rings (SSSR count). The van der Waals surface area contributed by atoms with Crippen LogP contribution in [0, 0.1) is 0 Å². The van der Waals surface area contributed by atoms with Crippen molar-refractivity contribution in [1.82, 2.24) is 15.2 Å². The zero-order valence-electron chi connectivity index (χ0n) is 10.3. The van der Waals surface area contributed by atoms with Gasteiger partial charge in [0.2, 0.25) is 11.8 Å². The molecule has 96 valence electrons. The van der Waals surface area contributed by atoms with Crippen molar-refractivity contribution in [2.75, 3.05) is 19.6 Å². The first-order valence-corrected chi connectivity index (χ1v) is 6.19. The molecule has 1 N–H and O–H groups in total. The van der Waals surface area contributed by atoms with Crippen LogP contribution in [-0.4, -0.2) is 41.3 Å². The molecule has 0 aliphatic carbocycles. The predicted molar refractivity (Wildman–Crippen MR) is 66.8 cm³/mol. The average Bonchev–Trinajstić information content (AvgIpc) is 2.62. The van der Waals surface area contributed by atoms with Crippen LogP contribution in [0.1, 0.15) is 18.4 Å². The second-order valence-corrected chi connectivity index (χ2v) is 4.34. The lowest BCUT2D eigenvalue weighted by molar-refractivity contribution is -0.131. The lowest BCUT2D eigenvalue weighted by Gasteiger charge is -2.19. The maximum Gasteiger partial charge on any atom is 0.222 e. The third kappa shape index (κ3) is 3.55. The number of nitrogens with zero attached hydrogens (tertiary/aromatic N) is 2. The fourth-order valence-corrected chi connectivity index (χ4v) is 1.97. The number of carbonyl (C=O) groups is 2. The minimum atomic E-state index is 0.0255. The summed E-state index contributed by atoms with van der Waals surface area (Å²) < 4.78 is 0. The lowest BCUT2D eigenvalue weighted by Crippen LogP contribution is -2.34. The van der Waals surface area contributed by atoms with E-state index in [0.29, 0.717) is 38.9 Å². The summed E-state index contributed by atoms with van der Waals surface area (Å²) in [5.74, 6) is 0.132. The molecule has 1 aliphatic rings. The van der Waals surface area contributed by atoms with Crippen LogP contribution >= 0.6 is 0 Å². The number of aryl methyl sites for hydroxylation is 1. The van der Waals surface area contributed by atoms with Gasteiger partial charge in [-0.25, -0.2) is 0 Å². The monoisotopic (exact) mass is 247 g/mol. The second-order valence-electron chi connectivity index (χ2n) is 4.34. The zero-order chi connectivity index (χ0) is 12.8. The van der Waals surface area contributed by atoms with E-state index < -0.39 is 0 Å². The first-order valence-electron chi connectivity index (χ1n) is 6.19. The standard InChI is InChI=1S/C13H17N3O2/c17-12-5-8-16(9-7-15-12)13(18)4-3-11-2-1-6-14-10-11/h1-2,6,10H,3-5,7-9H2,(H,15,17). The van der Waals surface area contributed by atoms with Crippen LogP contribution < -0.4 is 5.32 Å². The number of rotatable bonds is 3. The summed E-state index contributed by atoms with van der Waals surface area (Å²) in [5, 5.41) is 2.76. The molecule has 1 aromatic rings. The fourth-order valence-electron chi connectivity index (χ4n) is 1.97. The second kappa shape index (κ2) is 6.14. The van der Waals surface area contributed by atoms with Gasteiger partial charge in [0.05, 0.1) is 0 Å². The molecule has 1 saturated heterocycles. The number of pyridine rings is 1. The first-order chi connectivity index (χ1) is 8.75. The van der Waals surface area contributed by atoms with Gasteiger partial charge >= 0.3 is 0 Å². The molecule has 0 spiro atoms. The number of carbonyl (C=O) groups excluding carboxylic acids is 2. The molecule has 0 unspecified atom stereocenters. The van der Waals surface area contributed by atoms with Gasteiger partial charge in [0.25, 0.3) is 0 Å². The Hall–Kier alpha value is -1.91. The summed E-state index contributed by atoms with van der Waals surface area (Å²) in [7, 11) is 0. The van der Waals surface area contributed by atoms with Crippen LogP contribution in [0.4, 0.5) is 0 Å². The highest BCUT2D eigenvalue weighted by Gasteiger charge is 2.17. The third-order valence-electron chi connectivity index (χ3n) is 3.02. The van der Waals surface area contributed by atoms with Gasteiger partial charge in [0.15, 0.2) is 0 Å². The van der Waals surface area contributed by atoms with E-state index in [4.69, 9.17) is 0 Å². The van der Waals surface area contributed by atoms with Gasteiger partial charge in [-0.1, -0.05) is 6.07 Å². The normalized spacial score (nSPS) is 16.0. The Labute approximate surface area is 106 Å². The summed E-state index contributed by atoms with van der Waals surface area (Å²) in [4.78, 5) is 28.9. The summed E-state index contributed by atoms with van der Waals surface area (Å²) in [5.41, 5.74) is 1.06. The van der Waals surface area contributed by atoms with Crippen LogP contribution in [0.5, 0.6) is 0 Å². The van der Waals surface area contributed by atoms with Gasteiger partial charge < -0.3 is 10.2 Å². The zero-order valence-corrected chi connectivity index (χ0v) is 10.3. The van der Waals surface area contributed by atoms with Crippen LogP contribution in [0.2, 0.25) is 0 Å². The SMILES string of the molecule is O=C1CCN(C(=O)CCc2cccnc2)CCN1. The highest BCUT2D eigenvalue weighted by Crippen LogP contribution is 2.05. The van der Waals surface area contributed by atoms with Crippen LogP contribution in [0.15, 0.2) is 24.5 Å². The first kappa shape index (κ1) is 12.5. The van der Waals surface area contributed by atoms with Crippen molar-refractivity contribution in [1.29, 1.82) is 0 Å². The number of nitrogens with one attached hydrogen (secondary N) is 1. The molecule has 0 bridgehead atoms.